The Morgan fingerprint density at radius 2 is 1.06 bits per heavy atom. The van der Waals surface area contributed by atoms with Crippen molar-refractivity contribution < 1.29 is 0 Å². The zero-order chi connectivity index (χ0) is 33.8. The molecule has 0 radical (unpaired) electrons. The lowest BCUT2D eigenvalue weighted by Crippen LogP contribution is -1.98. The minimum Gasteiger partial charge on any atom is -0.309 e. The number of benzene rings is 7. The molecular weight excluding hydrogens is 611 g/mol. The van der Waals surface area contributed by atoms with Crippen molar-refractivity contribution >= 4 is 49.3 Å². The number of hydrogen-bond acceptors (Lipinski definition) is 2. The third-order valence-corrected chi connectivity index (χ3v) is 9.57. The molecule has 0 N–H and O–H groups in total. The number of aromatic nitrogens is 2. The largest absolute Gasteiger partial charge is 0.309 e. The van der Waals surface area contributed by atoms with Crippen molar-refractivity contribution in [2.45, 2.75) is 0 Å². The van der Waals surface area contributed by atoms with Crippen LogP contribution in [0.5, 0.6) is 0 Å². The summed E-state index contributed by atoms with van der Waals surface area (Å²) in [4.78, 5) is 3.96. The van der Waals surface area contributed by atoms with Gasteiger partial charge in [-0.15, -0.1) is 0 Å². The molecule has 0 saturated carbocycles. The maximum Gasteiger partial charge on any atom is 0.195 e. The van der Waals surface area contributed by atoms with E-state index in [1.165, 1.54) is 0 Å². The molecule has 0 aliphatic heterocycles. The van der Waals surface area contributed by atoms with Gasteiger partial charge in [0.1, 0.15) is 0 Å². The number of rotatable bonds is 4. The SMILES string of the molecule is [C-]#[N+]c1ccc(-c2cc(C#N)cc(-n3c4ccccc4c4ccccc43)c2)cc1-c1ccccc1-n1c2ccccc2c2cc(C#N)ccc21. The minimum absolute atomic E-state index is 0.535. The van der Waals surface area contributed by atoms with E-state index in [0.717, 1.165) is 77.2 Å². The van der Waals surface area contributed by atoms with E-state index in [1.807, 2.05) is 78.9 Å². The highest BCUT2D eigenvalue weighted by Crippen LogP contribution is 2.42. The van der Waals surface area contributed by atoms with Crippen molar-refractivity contribution in [3.05, 3.63) is 174 Å². The summed E-state index contributed by atoms with van der Waals surface area (Å²) in [6.07, 6.45) is 0. The molecule has 230 valence electrons. The molecule has 0 amide bonds. The third-order valence-electron chi connectivity index (χ3n) is 9.57. The molecule has 50 heavy (non-hydrogen) atoms. The summed E-state index contributed by atoms with van der Waals surface area (Å²) in [5.41, 5.74) is 11.2. The quantitative estimate of drug-likeness (QED) is 0.181. The van der Waals surface area contributed by atoms with E-state index in [2.05, 4.69) is 98.9 Å². The second kappa shape index (κ2) is 11.4. The Bertz CT molecular complexity index is 2920. The fraction of sp³-hybridized carbons (Fsp3) is 0. The van der Waals surface area contributed by atoms with Crippen molar-refractivity contribution in [2.24, 2.45) is 0 Å². The predicted octanol–water partition coefficient (Wildman–Crippen LogP) is 11.5. The second-order valence-corrected chi connectivity index (χ2v) is 12.3. The number of fused-ring (bicyclic) bond motifs is 6. The van der Waals surface area contributed by atoms with Crippen molar-refractivity contribution in [3.63, 3.8) is 0 Å². The maximum atomic E-state index is 10.2. The van der Waals surface area contributed by atoms with Gasteiger partial charge in [-0.2, -0.15) is 10.5 Å². The van der Waals surface area contributed by atoms with Crippen LogP contribution >= 0.6 is 0 Å². The molecule has 0 atom stereocenters. The van der Waals surface area contributed by atoms with Gasteiger partial charge in [0.05, 0.1) is 57.6 Å². The first-order valence-corrected chi connectivity index (χ1v) is 16.3. The van der Waals surface area contributed by atoms with E-state index in [1.54, 1.807) is 0 Å². The van der Waals surface area contributed by atoms with Gasteiger partial charge in [-0.05, 0) is 82.9 Å². The normalized spacial score (nSPS) is 11.1. The Kier molecular flexibility index (Phi) is 6.56. The molecular formula is C45H25N5. The first-order chi connectivity index (χ1) is 24.7. The number of para-hydroxylation sites is 4. The van der Waals surface area contributed by atoms with E-state index < -0.39 is 0 Å². The summed E-state index contributed by atoms with van der Waals surface area (Å²) in [7, 11) is 0. The summed E-state index contributed by atoms with van der Waals surface area (Å²) in [5, 5.41) is 24.2. The number of hydrogen-bond donors (Lipinski definition) is 0. The lowest BCUT2D eigenvalue weighted by molar-refractivity contribution is 1.18. The van der Waals surface area contributed by atoms with Crippen LogP contribution in [0.25, 0.3) is 82.1 Å². The molecule has 0 aliphatic rings. The van der Waals surface area contributed by atoms with E-state index in [4.69, 9.17) is 6.57 Å². The first kappa shape index (κ1) is 28.8. The fourth-order valence-corrected chi connectivity index (χ4v) is 7.40. The predicted molar refractivity (Wildman–Crippen MR) is 202 cm³/mol. The molecule has 9 aromatic rings. The van der Waals surface area contributed by atoms with Crippen molar-refractivity contribution in [1.82, 2.24) is 9.13 Å². The maximum absolute atomic E-state index is 10.2. The molecule has 5 heteroatoms. The standard InChI is InChI=1S/C45H25N5/c1-48-40-20-19-31(32-22-30(28-47)23-33(25-32)49-41-14-6-2-10-34(41)35-11-3-7-15-42(35)49)26-38(40)36-12-4-8-16-43(36)50-44-17-9-5-13-37(44)39-24-29(27-46)18-21-45(39)50/h2-26H. The molecule has 2 aromatic heterocycles. The number of nitriles is 2. The van der Waals surface area contributed by atoms with Crippen LogP contribution in [0.15, 0.2) is 152 Å². The summed E-state index contributed by atoms with van der Waals surface area (Å²) >= 11 is 0. The van der Waals surface area contributed by atoms with Crippen LogP contribution in [-0.2, 0) is 0 Å². The van der Waals surface area contributed by atoms with Gasteiger partial charge in [-0.25, -0.2) is 4.85 Å². The van der Waals surface area contributed by atoms with Gasteiger partial charge in [-0.1, -0.05) is 91.0 Å². The average molecular weight is 636 g/mol. The zero-order valence-electron chi connectivity index (χ0n) is 26.7. The van der Waals surface area contributed by atoms with E-state index >= 15 is 0 Å². The van der Waals surface area contributed by atoms with Crippen molar-refractivity contribution in [2.75, 3.05) is 0 Å². The highest BCUT2D eigenvalue weighted by atomic mass is 15.0. The van der Waals surface area contributed by atoms with Crippen LogP contribution in [0.3, 0.4) is 0 Å². The average Bonchev–Trinajstić information content (AvgIpc) is 3.70. The Hall–Kier alpha value is -7.39. The van der Waals surface area contributed by atoms with Gasteiger partial charge < -0.3 is 9.13 Å². The Morgan fingerprint density at radius 1 is 0.460 bits per heavy atom. The molecule has 7 aromatic carbocycles. The Balaban J connectivity index is 1.26. The summed E-state index contributed by atoms with van der Waals surface area (Å²) in [6.45, 7) is 8.15. The first-order valence-electron chi connectivity index (χ1n) is 16.3. The van der Waals surface area contributed by atoms with Crippen LogP contribution in [0.2, 0.25) is 0 Å². The van der Waals surface area contributed by atoms with Crippen LogP contribution in [0.4, 0.5) is 5.69 Å². The topological polar surface area (TPSA) is 61.8 Å². The Morgan fingerprint density at radius 3 is 1.74 bits per heavy atom. The highest BCUT2D eigenvalue weighted by molar-refractivity contribution is 6.11. The van der Waals surface area contributed by atoms with Gasteiger partial charge in [0.25, 0.3) is 0 Å². The van der Waals surface area contributed by atoms with Gasteiger partial charge >= 0.3 is 0 Å². The highest BCUT2D eigenvalue weighted by Gasteiger charge is 2.19. The molecule has 0 bridgehead atoms. The van der Waals surface area contributed by atoms with Crippen LogP contribution < -0.4 is 0 Å². The van der Waals surface area contributed by atoms with Gasteiger partial charge in [0, 0.05) is 27.2 Å². The molecule has 5 nitrogen and oxygen atoms in total. The van der Waals surface area contributed by atoms with Crippen molar-refractivity contribution in [1.29, 1.82) is 10.5 Å². The minimum atomic E-state index is 0.535. The zero-order valence-corrected chi connectivity index (χ0v) is 26.7. The lowest BCUT2D eigenvalue weighted by atomic mass is 9.95. The molecule has 0 spiro atoms. The van der Waals surface area contributed by atoms with E-state index in [9.17, 15) is 10.5 Å². The molecule has 2 heterocycles. The molecule has 0 aliphatic carbocycles. The molecule has 0 fully saturated rings. The van der Waals surface area contributed by atoms with E-state index in [0.29, 0.717) is 16.8 Å². The summed E-state index contributed by atoms with van der Waals surface area (Å²) in [6, 6.07) is 55.4. The van der Waals surface area contributed by atoms with Crippen LogP contribution in [0.1, 0.15) is 11.1 Å². The number of nitrogens with zero attached hydrogens (tertiary/aromatic N) is 5. The molecule has 0 unspecified atom stereocenters. The van der Waals surface area contributed by atoms with Crippen molar-refractivity contribution in [3.8, 4) is 45.8 Å². The molecule has 9 rings (SSSR count). The lowest BCUT2D eigenvalue weighted by Gasteiger charge is -2.17. The van der Waals surface area contributed by atoms with E-state index in [-0.39, 0.29) is 0 Å². The van der Waals surface area contributed by atoms with Gasteiger partial charge in [-0.3, -0.25) is 0 Å². The van der Waals surface area contributed by atoms with Gasteiger partial charge in [0.2, 0.25) is 0 Å². The monoisotopic (exact) mass is 635 g/mol. The second-order valence-electron chi connectivity index (χ2n) is 12.3. The Labute approximate surface area is 288 Å². The van der Waals surface area contributed by atoms with Gasteiger partial charge in [0.15, 0.2) is 5.69 Å². The fourth-order valence-electron chi connectivity index (χ4n) is 7.40. The van der Waals surface area contributed by atoms with Crippen LogP contribution in [0, 0.1) is 29.2 Å². The smallest absolute Gasteiger partial charge is 0.195 e. The molecule has 0 saturated heterocycles. The van der Waals surface area contributed by atoms with Crippen LogP contribution in [-0.4, -0.2) is 9.13 Å². The third kappa shape index (κ3) is 4.38. The summed E-state index contributed by atoms with van der Waals surface area (Å²) < 4.78 is 4.44. The summed E-state index contributed by atoms with van der Waals surface area (Å²) in [5.74, 6) is 0.